The predicted octanol–water partition coefficient (Wildman–Crippen LogP) is 2.03. The van der Waals surface area contributed by atoms with Crippen molar-refractivity contribution < 1.29 is 9.53 Å². The summed E-state index contributed by atoms with van der Waals surface area (Å²) in [6, 6.07) is 1.77. The SMILES string of the molecule is CCCC(COC)NC(=O)c1cc(N)cn1CCC. The highest BCUT2D eigenvalue weighted by Crippen LogP contribution is 2.12. The lowest BCUT2D eigenvalue weighted by atomic mass is 10.2. The van der Waals surface area contributed by atoms with Crippen LogP contribution in [0.2, 0.25) is 0 Å². The molecule has 1 atom stereocenters. The molecular weight excluding hydrogens is 242 g/mol. The smallest absolute Gasteiger partial charge is 0.268 e. The van der Waals surface area contributed by atoms with Gasteiger partial charge in [0.25, 0.3) is 5.91 Å². The van der Waals surface area contributed by atoms with Crippen LogP contribution in [-0.4, -0.2) is 30.2 Å². The largest absolute Gasteiger partial charge is 0.397 e. The first-order chi connectivity index (χ1) is 9.12. The fraction of sp³-hybridized carbons (Fsp3) is 0.643. The Balaban J connectivity index is 2.75. The molecule has 3 N–H and O–H groups in total. The van der Waals surface area contributed by atoms with E-state index in [-0.39, 0.29) is 11.9 Å². The highest BCUT2D eigenvalue weighted by Gasteiger charge is 2.16. The zero-order chi connectivity index (χ0) is 14.3. The van der Waals surface area contributed by atoms with Crippen molar-refractivity contribution in [3.05, 3.63) is 18.0 Å². The standard InChI is InChI=1S/C14H25N3O2/c1-4-6-12(10-19-3)16-14(18)13-8-11(15)9-17(13)7-5-2/h8-9,12H,4-7,10,15H2,1-3H3,(H,16,18). The minimum absolute atomic E-state index is 0.0497. The molecule has 0 fully saturated rings. The Morgan fingerprint density at radius 1 is 1.47 bits per heavy atom. The number of amides is 1. The lowest BCUT2D eigenvalue weighted by molar-refractivity contribution is 0.0882. The third kappa shape index (κ3) is 4.59. The number of aryl methyl sites for hydroxylation is 1. The Hall–Kier alpha value is -1.49. The van der Waals surface area contributed by atoms with Gasteiger partial charge in [-0.25, -0.2) is 0 Å². The first kappa shape index (κ1) is 15.6. The van der Waals surface area contributed by atoms with E-state index in [1.54, 1.807) is 13.2 Å². The van der Waals surface area contributed by atoms with Crippen molar-refractivity contribution in [1.29, 1.82) is 0 Å². The molecule has 5 heteroatoms. The molecule has 0 bridgehead atoms. The summed E-state index contributed by atoms with van der Waals surface area (Å²) in [6.45, 7) is 5.49. The Kier molecular flexibility index (Phi) is 6.42. The third-order valence-corrected chi connectivity index (χ3v) is 2.96. The molecule has 1 aromatic heterocycles. The third-order valence-electron chi connectivity index (χ3n) is 2.96. The quantitative estimate of drug-likeness (QED) is 0.757. The second-order valence-electron chi connectivity index (χ2n) is 4.77. The van der Waals surface area contributed by atoms with Crippen molar-refractivity contribution in [3.63, 3.8) is 0 Å². The average Bonchev–Trinajstić information content (AvgIpc) is 2.71. The van der Waals surface area contributed by atoms with E-state index in [4.69, 9.17) is 10.5 Å². The van der Waals surface area contributed by atoms with Crippen LogP contribution in [0.3, 0.4) is 0 Å². The fourth-order valence-electron chi connectivity index (χ4n) is 2.16. The number of ether oxygens (including phenoxy) is 1. The molecule has 1 rings (SSSR count). The van der Waals surface area contributed by atoms with Crippen molar-refractivity contribution in [2.45, 2.75) is 45.7 Å². The minimum Gasteiger partial charge on any atom is -0.397 e. The molecular formula is C14H25N3O2. The van der Waals surface area contributed by atoms with Gasteiger partial charge in [-0.05, 0) is 18.9 Å². The van der Waals surface area contributed by atoms with E-state index in [1.165, 1.54) is 0 Å². The second-order valence-corrected chi connectivity index (χ2v) is 4.77. The molecule has 0 saturated heterocycles. The van der Waals surface area contributed by atoms with Crippen molar-refractivity contribution in [3.8, 4) is 0 Å². The van der Waals surface area contributed by atoms with Gasteiger partial charge in [-0.3, -0.25) is 4.79 Å². The van der Waals surface area contributed by atoms with E-state index in [0.29, 0.717) is 18.0 Å². The van der Waals surface area contributed by atoms with Crippen LogP contribution in [0.25, 0.3) is 0 Å². The summed E-state index contributed by atoms with van der Waals surface area (Å²) in [4.78, 5) is 12.3. The van der Waals surface area contributed by atoms with Gasteiger partial charge in [-0.1, -0.05) is 20.3 Å². The molecule has 0 saturated carbocycles. The molecule has 0 radical (unpaired) electrons. The number of nitrogens with one attached hydrogen (secondary N) is 1. The van der Waals surface area contributed by atoms with Gasteiger partial charge in [-0.2, -0.15) is 0 Å². The van der Waals surface area contributed by atoms with Crippen LogP contribution < -0.4 is 11.1 Å². The topological polar surface area (TPSA) is 69.3 Å². The van der Waals surface area contributed by atoms with Crippen LogP contribution in [-0.2, 0) is 11.3 Å². The number of nitrogens with two attached hydrogens (primary N) is 1. The van der Waals surface area contributed by atoms with Gasteiger partial charge >= 0.3 is 0 Å². The van der Waals surface area contributed by atoms with E-state index in [1.807, 2.05) is 10.8 Å². The molecule has 1 unspecified atom stereocenters. The highest BCUT2D eigenvalue weighted by molar-refractivity contribution is 5.94. The number of rotatable bonds is 8. The van der Waals surface area contributed by atoms with Gasteiger partial charge in [0, 0.05) is 19.9 Å². The molecule has 19 heavy (non-hydrogen) atoms. The number of carbonyl (C=O) groups excluding carboxylic acids is 1. The Bertz CT molecular complexity index is 395. The van der Waals surface area contributed by atoms with Gasteiger partial charge in [-0.15, -0.1) is 0 Å². The van der Waals surface area contributed by atoms with E-state index >= 15 is 0 Å². The minimum atomic E-state index is -0.0827. The maximum Gasteiger partial charge on any atom is 0.268 e. The molecule has 5 nitrogen and oxygen atoms in total. The van der Waals surface area contributed by atoms with Crippen LogP contribution in [0.5, 0.6) is 0 Å². The number of methoxy groups -OCH3 is 1. The zero-order valence-electron chi connectivity index (χ0n) is 12.1. The average molecular weight is 267 g/mol. The van der Waals surface area contributed by atoms with Crippen LogP contribution in [0.1, 0.15) is 43.6 Å². The molecule has 0 spiro atoms. The summed E-state index contributed by atoms with van der Waals surface area (Å²) in [7, 11) is 1.65. The number of aromatic nitrogens is 1. The number of nitrogens with zero attached hydrogens (tertiary/aromatic N) is 1. The number of carbonyl (C=O) groups is 1. The van der Waals surface area contributed by atoms with Gasteiger partial charge < -0.3 is 20.4 Å². The highest BCUT2D eigenvalue weighted by atomic mass is 16.5. The van der Waals surface area contributed by atoms with E-state index in [2.05, 4.69) is 19.2 Å². The van der Waals surface area contributed by atoms with Crippen molar-refractivity contribution in [2.75, 3.05) is 19.5 Å². The summed E-state index contributed by atoms with van der Waals surface area (Å²) in [5.74, 6) is -0.0827. The van der Waals surface area contributed by atoms with E-state index in [0.717, 1.165) is 25.8 Å². The summed E-state index contributed by atoms with van der Waals surface area (Å²) in [6.07, 6.45) is 4.68. The van der Waals surface area contributed by atoms with Gasteiger partial charge in [0.05, 0.1) is 18.3 Å². The number of hydrogen-bond acceptors (Lipinski definition) is 3. The summed E-state index contributed by atoms with van der Waals surface area (Å²) >= 11 is 0. The van der Waals surface area contributed by atoms with Crippen LogP contribution in [0.15, 0.2) is 12.3 Å². The summed E-state index contributed by atoms with van der Waals surface area (Å²) in [5.41, 5.74) is 7.01. The normalized spacial score (nSPS) is 12.4. The van der Waals surface area contributed by atoms with Crippen molar-refractivity contribution in [2.24, 2.45) is 0 Å². The maximum atomic E-state index is 12.3. The molecule has 0 aliphatic rings. The first-order valence-corrected chi connectivity index (χ1v) is 6.87. The maximum absolute atomic E-state index is 12.3. The molecule has 108 valence electrons. The fourth-order valence-corrected chi connectivity index (χ4v) is 2.16. The predicted molar refractivity (Wildman–Crippen MR) is 77.2 cm³/mol. The van der Waals surface area contributed by atoms with Crippen LogP contribution >= 0.6 is 0 Å². The van der Waals surface area contributed by atoms with Gasteiger partial charge in [0.1, 0.15) is 5.69 Å². The molecule has 1 amide bonds. The van der Waals surface area contributed by atoms with Gasteiger partial charge in [0.2, 0.25) is 0 Å². The first-order valence-electron chi connectivity index (χ1n) is 6.87. The lowest BCUT2D eigenvalue weighted by Crippen LogP contribution is -2.38. The van der Waals surface area contributed by atoms with Crippen LogP contribution in [0.4, 0.5) is 5.69 Å². The summed E-state index contributed by atoms with van der Waals surface area (Å²) in [5, 5.41) is 3.01. The van der Waals surface area contributed by atoms with Crippen molar-refractivity contribution in [1.82, 2.24) is 9.88 Å². The Labute approximate surface area is 115 Å². The monoisotopic (exact) mass is 267 g/mol. The van der Waals surface area contributed by atoms with Crippen molar-refractivity contribution >= 4 is 11.6 Å². The number of anilines is 1. The molecule has 0 aromatic carbocycles. The van der Waals surface area contributed by atoms with Crippen LogP contribution in [0, 0.1) is 0 Å². The van der Waals surface area contributed by atoms with E-state index in [9.17, 15) is 4.79 Å². The molecule has 1 aromatic rings. The Morgan fingerprint density at radius 3 is 2.79 bits per heavy atom. The summed E-state index contributed by atoms with van der Waals surface area (Å²) < 4.78 is 7.03. The Morgan fingerprint density at radius 2 is 2.21 bits per heavy atom. The zero-order valence-corrected chi connectivity index (χ0v) is 12.1. The lowest BCUT2D eigenvalue weighted by Gasteiger charge is -2.17. The number of nitrogen functional groups attached to an aromatic ring is 1. The van der Waals surface area contributed by atoms with Gasteiger partial charge in [0.15, 0.2) is 0 Å². The molecule has 0 aliphatic carbocycles. The molecule has 0 aliphatic heterocycles. The van der Waals surface area contributed by atoms with E-state index < -0.39 is 0 Å². The number of hydrogen-bond donors (Lipinski definition) is 2. The second kappa shape index (κ2) is 7.84. The molecule has 1 heterocycles.